The smallest absolute Gasteiger partial charge is 0.270 e. The van der Waals surface area contributed by atoms with Gasteiger partial charge in [-0.15, -0.1) is 0 Å². The van der Waals surface area contributed by atoms with Crippen molar-refractivity contribution < 1.29 is 23.4 Å². The predicted octanol–water partition coefficient (Wildman–Crippen LogP) is 1.57. The number of ether oxygens (including phenoxy) is 3. The molecule has 0 aromatic carbocycles. The van der Waals surface area contributed by atoms with Crippen molar-refractivity contribution in [1.82, 2.24) is 5.32 Å². The van der Waals surface area contributed by atoms with Gasteiger partial charge in [0.2, 0.25) is 5.67 Å². The molecule has 0 saturated heterocycles. The van der Waals surface area contributed by atoms with Gasteiger partial charge in [-0.2, -0.15) is 0 Å². The fraction of sp³-hybridized carbons (Fsp3) is 0.842. The third-order valence-corrected chi connectivity index (χ3v) is 3.96. The van der Waals surface area contributed by atoms with Crippen LogP contribution in [0.25, 0.3) is 0 Å². The van der Waals surface area contributed by atoms with Crippen LogP contribution in [0.2, 0.25) is 0 Å². The molecule has 0 aliphatic heterocycles. The lowest BCUT2D eigenvalue weighted by atomic mass is 9.94. The first-order chi connectivity index (χ1) is 12.7. The molecular formula is C19H33FN2O4. The van der Waals surface area contributed by atoms with Crippen molar-refractivity contribution >= 4 is 5.91 Å². The molecule has 0 aromatic rings. The van der Waals surface area contributed by atoms with E-state index in [2.05, 4.69) is 17.2 Å². The molecule has 6 nitrogen and oxygen atoms in total. The Morgan fingerprint density at radius 3 is 2.35 bits per heavy atom. The molecule has 1 atom stereocenters. The summed E-state index contributed by atoms with van der Waals surface area (Å²) < 4.78 is 30.7. The average molecular weight is 372 g/mol. The Balaban J connectivity index is 1.96. The summed E-state index contributed by atoms with van der Waals surface area (Å²) in [4.78, 5) is 12.0. The van der Waals surface area contributed by atoms with E-state index in [-0.39, 0.29) is 6.42 Å². The summed E-state index contributed by atoms with van der Waals surface area (Å²) in [6.45, 7) is 4.22. The molecule has 0 spiro atoms. The lowest BCUT2D eigenvalue weighted by Gasteiger charge is -2.20. The number of nitrogens with one attached hydrogen (secondary N) is 1. The number of carbonyl (C=O) groups excluding carboxylic acids is 1. The molecular weight excluding hydrogens is 339 g/mol. The lowest BCUT2D eigenvalue weighted by Crippen LogP contribution is -2.43. The minimum absolute atomic E-state index is 0.176. The van der Waals surface area contributed by atoms with Gasteiger partial charge >= 0.3 is 0 Å². The van der Waals surface area contributed by atoms with E-state index in [1.54, 1.807) is 0 Å². The number of carbonyl (C=O) groups is 1. The van der Waals surface area contributed by atoms with Crippen LogP contribution >= 0.6 is 0 Å². The molecule has 1 aliphatic rings. The van der Waals surface area contributed by atoms with E-state index in [4.69, 9.17) is 19.9 Å². The Labute approximate surface area is 156 Å². The number of hydrogen-bond acceptors (Lipinski definition) is 5. The van der Waals surface area contributed by atoms with Gasteiger partial charge in [-0.25, -0.2) is 4.39 Å². The summed E-state index contributed by atoms with van der Waals surface area (Å²) in [6, 6.07) is 0. The lowest BCUT2D eigenvalue weighted by molar-refractivity contribution is -0.129. The fourth-order valence-corrected chi connectivity index (χ4v) is 2.44. The number of hydrogen-bond donors (Lipinski definition) is 2. The highest BCUT2D eigenvalue weighted by molar-refractivity contribution is 5.88. The Hall–Kier alpha value is -1.20. The molecule has 0 saturated carbocycles. The van der Waals surface area contributed by atoms with Crippen LogP contribution in [0.3, 0.4) is 0 Å². The van der Waals surface area contributed by atoms with E-state index in [1.165, 1.54) is 0 Å². The molecule has 150 valence electrons. The van der Waals surface area contributed by atoms with Crippen LogP contribution < -0.4 is 11.1 Å². The van der Waals surface area contributed by atoms with E-state index < -0.39 is 11.6 Å². The highest BCUT2D eigenvalue weighted by Crippen LogP contribution is 2.22. The molecule has 0 radical (unpaired) electrons. The van der Waals surface area contributed by atoms with Gasteiger partial charge in [0.05, 0.1) is 26.4 Å². The standard InChI is InChI=1S/C19H33FN2O4/c20-19(8-4-2-1-3-5-9-19)18(23)22-11-7-13-25-15-17-26-16-14-24-12-6-10-21/h1-4,6-8,10-17,21H2,(H,22,23). The van der Waals surface area contributed by atoms with Crippen LogP contribution in [0, 0.1) is 11.8 Å². The minimum Gasteiger partial charge on any atom is -0.379 e. The van der Waals surface area contributed by atoms with Crippen LogP contribution in [-0.4, -0.2) is 64.3 Å². The summed E-state index contributed by atoms with van der Waals surface area (Å²) in [6.07, 6.45) is 4.91. The summed E-state index contributed by atoms with van der Waals surface area (Å²) in [5, 5.41) is 2.62. The predicted molar refractivity (Wildman–Crippen MR) is 98.5 cm³/mol. The zero-order valence-electron chi connectivity index (χ0n) is 15.7. The molecule has 3 N–H and O–H groups in total. The maximum absolute atomic E-state index is 14.6. The molecule has 0 aromatic heterocycles. The van der Waals surface area contributed by atoms with E-state index in [9.17, 15) is 9.18 Å². The van der Waals surface area contributed by atoms with Gasteiger partial charge in [-0.3, -0.25) is 4.79 Å². The first-order valence-electron chi connectivity index (χ1n) is 9.59. The van der Waals surface area contributed by atoms with Gasteiger partial charge in [-0.1, -0.05) is 18.3 Å². The fourth-order valence-electron chi connectivity index (χ4n) is 2.44. The molecule has 7 heteroatoms. The average Bonchev–Trinajstić information content (AvgIpc) is 2.62. The van der Waals surface area contributed by atoms with Crippen LogP contribution in [0.1, 0.15) is 44.9 Å². The molecule has 0 heterocycles. The molecule has 0 fully saturated rings. The Bertz CT molecular complexity index is 439. The summed E-state index contributed by atoms with van der Waals surface area (Å²) in [5.41, 5.74) is 3.32. The molecule has 1 aliphatic carbocycles. The number of rotatable bonds is 14. The van der Waals surface area contributed by atoms with Gasteiger partial charge in [0.25, 0.3) is 5.91 Å². The molecule has 1 rings (SSSR count). The second-order valence-corrected chi connectivity index (χ2v) is 6.25. The van der Waals surface area contributed by atoms with Crippen molar-refractivity contribution in [3.8, 4) is 11.8 Å². The van der Waals surface area contributed by atoms with Gasteiger partial charge in [-0.05, 0) is 32.2 Å². The van der Waals surface area contributed by atoms with Crippen molar-refractivity contribution in [3.05, 3.63) is 0 Å². The summed E-state index contributed by atoms with van der Waals surface area (Å²) in [5.74, 6) is 4.65. The topological polar surface area (TPSA) is 82.8 Å². The molecule has 0 bridgehead atoms. The maximum Gasteiger partial charge on any atom is 0.270 e. The number of nitrogens with two attached hydrogens (primary N) is 1. The Morgan fingerprint density at radius 1 is 1.00 bits per heavy atom. The normalized spacial score (nSPS) is 19.9. The Kier molecular flexibility index (Phi) is 13.1. The highest BCUT2D eigenvalue weighted by atomic mass is 19.1. The monoisotopic (exact) mass is 372 g/mol. The second kappa shape index (κ2) is 14.9. The van der Waals surface area contributed by atoms with Crippen LogP contribution in [-0.2, 0) is 19.0 Å². The second-order valence-electron chi connectivity index (χ2n) is 6.25. The third-order valence-electron chi connectivity index (χ3n) is 3.96. The molecule has 26 heavy (non-hydrogen) atoms. The van der Waals surface area contributed by atoms with Crippen molar-refractivity contribution in [1.29, 1.82) is 0 Å². The maximum atomic E-state index is 14.6. The van der Waals surface area contributed by atoms with Crippen molar-refractivity contribution in [3.63, 3.8) is 0 Å². The zero-order valence-corrected chi connectivity index (χ0v) is 15.7. The quantitative estimate of drug-likeness (QED) is 0.357. The third kappa shape index (κ3) is 10.7. The van der Waals surface area contributed by atoms with Crippen LogP contribution in [0.15, 0.2) is 0 Å². The highest BCUT2D eigenvalue weighted by Gasteiger charge is 2.36. The number of halogens is 1. The largest absolute Gasteiger partial charge is 0.379 e. The summed E-state index contributed by atoms with van der Waals surface area (Å²) in [7, 11) is 0. The minimum atomic E-state index is -2.04. The summed E-state index contributed by atoms with van der Waals surface area (Å²) >= 11 is 0. The van der Waals surface area contributed by atoms with Crippen molar-refractivity contribution in [2.24, 2.45) is 5.73 Å². The van der Waals surface area contributed by atoms with E-state index in [1.807, 2.05) is 0 Å². The molecule has 1 amide bonds. The number of amides is 1. The van der Waals surface area contributed by atoms with E-state index >= 15 is 0 Å². The SMILES string of the molecule is NCCCOCCOCCOCCCNC(=O)C1(F)C#CCCCCC1. The van der Waals surface area contributed by atoms with Crippen molar-refractivity contribution in [2.75, 3.05) is 52.7 Å². The van der Waals surface area contributed by atoms with Gasteiger partial charge in [0, 0.05) is 32.6 Å². The van der Waals surface area contributed by atoms with Crippen molar-refractivity contribution in [2.45, 2.75) is 50.6 Å². The van der Waals surface area contributed by atoms with Gasteiger partial charge in [0.1, 0.15) is 0 Å². The van der Waals surface area contributed by atoms with E-state index in [0.717, 1.165) is 19.3 Å². The van der Waals surface area contributed by atoms with Gasteiger partial charge < -0.3 is 25.3 Å². The first kappa shape index (κ1) is 22.8. The zero-order chi connectivity index (χ0) is 18.9. The van der Waals surface area contributed by atoms with Crippen LogP contribution in [0.4, 0.5) is 4.39 Å². The van der Waals surface area contributed by atoms with Crippen LogP contribution in [0.5, 0.6) is 0 Å². The van der Waals surface area contributed by atoms with E-state index in [0.29, 0.717) is 72.0 Å². The first-order valence-corrected chi connectivity index (χ1v) is 9.59. The number of alkyl halides is 1. The Morgan fingerprint density at radius 2 is 1.65 bits per heavy atom. The molecule has 1 unspecified atom stereocenters. The van der Waals surface area contributed by atoms with Gasteiger partial charge in [0.15, 0.2) is 0 Å².